The molecule has 0 bridgehead atoms. The highest BCUT2D eigenvalue weighted by Gasteiger charge is 2.33. The Morgan fingerprint density at radius 2 is 1.89 bits per heavy atom. The van der Waals surface area contributed by atoms with Crippen LogP contribution in [0.2, 0.25) is 0 Å². The highest BCUT2D eigenvalue weighted by molar-refractivity contribution is 7.53. The number of hydrogen-bond acceptors (Lipinski definition) is 3. The van der Waals surface area contributed by atoms with Crippen molar-refractivity contribution in [2.24, 2.45) is 11.7 Å². The van der Waals surface area contributed by atoms with Gasteiger partial charge in [0.1, 0.15) is 11.5 Å². The first-order valence-corrected chi connectivity index (χ1v) is 8.55. The molecule has 1 aromatic carbocycles. The first kappa shape index (κ1) is 14.6. The molecule has 2 atom stereocenters. The lowest BCUT2D eigenvalue weighted by molar-refractivity contribution is 0.309. The van der Waals surface area contributed by atoms with Crippen molar-refractivity contribution in [3.8, 4) is 5.75 Å². The van der Waals surface area contributed by atoms with Gasteiger partial charge in [0.15, 0.2) is 0 Å². The van der Waals surface area contributed by atoms with Gasteiger partial charge in [-0.3, -0.25) is 0 Å². The Morgan fingerprint density at radius 1 is 1.26 bits per heavy atom. The summed E-state index contributed by atoms with van der Waals surface area (Å²) in [4.78, 5) is 9.98. The standard InChI is InChI=1S/C14H22NO3P/c15-14(11-12-7-3-1-4-8-12)19(16,17)18-13-9-5-2-6-10-13/h2,5-6,9-10,12,14H,1,3-4,7-8,11,15H2,(H,16,17). The molecule has 0 amide bonds. The molecule has 1 saturated carbocycles. The molecule has 1 aliphatic carbocycles. The minimum atomic E-state index is -3.79. The Balaban J connectivity index is 1.92. The molecule has 0 aliphatic heterocycles. The van der Waals surface area contributed by atoms with Crippen LogP contribution in [0.15, 0.2) is 30.3 Å². The zero-order valence-electron chi connectivity index (χ0n) is 11.1. The molecule has 0 heterocycles. The quantitative estimate of drug-likeness (QED) is 0.811. The fourth-order valence-corrected chi connectivity index (χ4v) is 3.72. The molecule has 0 spiro atoms. The molecular formula is C14H22NO3P. The summed E-state index contributed by atoms with van der Waals surface area (Å²) in [5.74, 6) is 0.0619. The lowest BCUT2D eigenvalue weighted by Gasteiger charge is -2.26. The Morgan fingerprint density at radius 3 is 2.53 bits per heavy atom. The predicted octanol–water partition coefficient (Wildman–Crippen LogP) is 3.51. The summed E-state index contributed by atoms with van der Waals surface area (Å²) in [5.41, 5.74) is 5.89. The maximum absolute atomic E-state index is 12.2. The largest absolute Gasteiger partial charge is 0.423 e. The van der Waals surface area contributed by atoms with E-state index in [1.54, 1.807) is 24.3 Å². The van der Waals surface area contributed by atoms with Crippen LogP contribution in [-0.2, 0) is 4.57 Å². The first-order chi connectivity index (χ1) is 9.08. The van der Waals surface area contributed by atoms with Crippen LogP contribution in [-0.4, -0.2) is 10.7 Å². The van der Waals surface area contributed by atoms with E-state index in [4.69, 9.17) is 10.3 Å². The number of hydrogen-bond donors (Lipinski definition) is 2. The van der Waals surface area contributed by atoms with Gasteiger partial charge in [0.05, 0.1) is 0 Å². The Bertz CT molecular complexity index is 432. The zero-order valence-corrected chi connectivity index (χ0v) is 12.0. The second kappa shape index (κ2) is 6.56. The summed E-state index contributed by atoms with van der Waals surface area (Å²) in [6.45, 7) is 0. The average Bonchev–Trinajstić information content (AvgIpc) is 2.40. The average molecular weight is 283 g/mol. The third-order valence-electron chi connectivity index (χ3n) is 3.70. The van der Waals surface area contributed by atoms with E-state index in [-0.39, 0.29) is 0 Å². The first-order valence-electron chi connectivity index (χ1n) is 6.90. The molecule has 1 aromatic rings. The SMILES string of the molecule is NC(CC1CCCCC1)P(=O)(O)Oc1ccccc1. The van der Waals surface area contributed by atoms with E-state index in [0.717, 1.165) is 12.8 Å². The zero-order chi connectivity index (χ0) is 13.7. The number of rotatable bonds is 5. The van der Waals surface area contributed by atoms with E-state index in [1.165, 1.54) is 19.3 Å². The van der Waals surface area contributed by atoms with E-state index >= 15 is 0 Å². The van der Waals surface area contributed by atoms with Crippen LogP contribution < -0.4 is 10.3 Å². The molecule has 1 fully saturated rings. The van der Waals surface area contributed by atoms with Gasteiger partial charge in [0.2, 0.25) is 0 Å². The molecule has 0 aromatic heterocycles. The second-order valence-electron chi connectivity index (χ2n) is 5.28. The van der Waals surface area contributed by atoms with E-state index in [0.29, 0.717) is 18.1 Å². The minimum absolute atomic E-state index is 0.396. The topological polar surface area (TPSA) is 72.6 Å². The summed E-state index contributed by atoms with van der Waals surface area (Å²) in [6, 6.07) is 8.69. The summed E-state index contributed by atoms with van der Waals surface area (Å²) < 4.78 is 17.4. The Kier molecular flexibility index (Phi) is 5.03. The molecule has 0 radical (unpaired) electrons. The van der Waals surface area contributed by atoms with Crippen LogP contribution in [0.5, 0.6) is 5.75 Å². The predicted molar refractivity (Wildman–Crippen MR) is 76.1 cm³/mol. The molecule has 106 valence electrons. The molecule has 4 nitrogen and oxygen atoms in total. The summed E-state index contributed by atoms with van der Waals surface area (Å²) >= 11 is 0. The molecule has 19 heavy (non-hydrogen) atoms. The molecule has 2 rings (SSSR count). The Labute approximate surface area is 114 Å². The van der Waals surface area contributed by atoms with Crippen LogP contribution in [0.1, 0.15) is 38.5 Å². The van der Waals surface area contributed by atoms with Crippen LogP contribution in [0.4, 0.5) is 0 Å². The van der Waals surface area contributed by atoms with Gasteiger partial charge >= 0.3 is 7.60 Å². The van der Waals surface area contributed by atoms with E-state index in [9.17, 15) is 9.46 Å². The van der Waals surface area contributed by atoms with Gasteiger partial charge < -0.3 is 15.2 Å². The molecule has 0 saturated heterocycles. The summed E-state index contributed by atoms with van der Waals surface area (Å²) in [7, 11) is -3.79. The highest BCUT2D eigenvalue weighted by Crippen LogP contribution is 2.48. The van der Waals surface area contributed by atoms with E-state index in [2.05, 4.69) is 0 Å². The van der Waals surface area contributed by atoms with Crippen LogP contribution in [0.3, 0.4) is 0 Å². The molecule has 2 unspecified atom stereocenters. The Hall–Kier alpha value is -0.830. The number of para-hydroxylation sites is 1. The third kappa shape index (κ3) is 4.34. The fraction of sp³-hybridized carbons (Fsp3) is 0.571. The number of nitrogens with two attached hydrogens (primary N) is 1. The van der Waals surface area contributed by atoms with Crippen molar-refractivity contribution in [2.45, 2.75) is 44.3 Å². The maximum Gasteiger partial charge on any atom is 0.393 e. The van der Waals surface area contributed by atoms with Gasteiger partial charge in [-0.15, -0.1) is 0 Å². The van der Waals surface area contributed by atoms with Crippen LogP contribution >= 0.6 is 7.60 Å². The second-order valence-corrected chi connectivity index (χ2v) is 7.25. The summed E-state index contributed by atoms with van der Waals surface area (Å²) in [5, 5.41) is 0. The third-order valence-corrected chi connectivity index (χ3v) is 5.22. The van der Waals surface area contributed by atoms with E-state index in [1.807, 2.05) is 6.07 Å². The van der Waals surface area contributed by atoms with Crippen molar-refractivity contribution >= 4 is 7.60 Å². The van der Waals surface area contributed by atoms with Crippen molar-refractivity contribution in [3.05, 3.63) is 30.3 Å². The van der Waals surface area contributed by atoms with Gasteiger partial charge in [-0.25, -0.2) is 4.57 Å². The molecule has 5 heteroatoms. The van der Waals surface area contributed by atoms with Crippen molar-refractivity contribution in [1.29, 1.82) is 0 Å². The monoisotopic (exact) mass is 283 g/mol. The van der Waals surface area contributed by atoms with Crippen molar-refractivity contribution in [2.75, 3.05) is 0 Å². The van der Waals surface area contributed by atoms with Gasteiger partial charge in [0.25, 0.3) is 0 Å². The van der Waals surface area contributed by atoms with Gasteiger partial charge in [-0.1, -0.05) is 50.3 Å². The molecular weight excluding hydrogens is 261 g/mol. The van der Waals surface area contributed by atoms with Gasteiger partial charge in [-0.05, 0) is 24.5 Å². The summed E-state index contributed by atoms with van der Waals surface area (Å²) in [6.07, 6.45) is 6.46. The maximum atomic E-state index is 12.2. The highest BCUT2D eigenvalue weighted by atomic mass is 31.2. The molecule has 3 N–H and O–H groups in total. The van der Waals surface area contributed by atoms with Gasteiger partial charge in [0, 0.05) is 0 Å². The van der Waals surface area contributed by atoms with Crippen LogP contribution in [0.25, 0.3) is 0 Å². The van der Waals surface area contributed by atoms with Crippen molar-refractivity contribution in [1.82, 2.24) is 0 Å². The lowest BCUT2D eigenvalue weighted by Crippen LogP contribution is -2.26. The normalized spacial score (nSPS) is 21.6. The molecule has 1 aliphatic rings. The fourth-order valence-electron chi connectivity index (χ4n) is 2.60. The van der Waals surface area contributed by atoms with Crippen molar-refractivity contribution < 1.29 is 14.0 Å². The van der Waals surface area contributed by atoms with Crippen LogP contribution in [0, 0.1) is 5.92 Å². The van der Waals surface area contributed by atoms with Gasteiger partial charge in [-0.2, -0.15) is 0 Å². The minimum Gasteiger partial charge on any atom is -0.423 e. The smallest absolute Gasteiger partial charge is 0.393 e. The van der Waals surface area contributed by atoms with Crippen molar-refractivity contribution in [3.63, 3.8) is 0 Å². The number of benzene rings is 1. The lowest BCUT2D eigenvalue weighted by atomic mass is 9.87. The van der Waals surface area contributed by atoms with E-state index < -0.39 is 13.4 Å².